The molecule has 0 radical (unpaired) electrons. The van der Waals surface area contributed by atoms with Crippen LogP contribution in [0.3, 0.4) is 0 Å². The van der Waals surface area contributed by atoms with Crippen LogP contribution >= 0.6 is 0 Å². The van der Waals surface area contributed by atoms with Gasteiger partial charge in [0.15, 0.2) is 17.5 Å². The fraction of sp³-hybridized carbons (Fsp3) is 0.269. The van der Waals surface area contributed by atoms with E-state index in [2.05, 4.69) is 25.2 Å². The number of nitrogen functional groups attached to an aromatic ring is 1. The van der Waals surface area contributed by atoms with Crippen molar-refractivity contribution in [3.05, 3.63) is 59.1 Å². The molecule has 1 saturated carbocycles. The highest BCUT2D eigenvalue weighted by molar-refractivity contribution is 7.91. The molecule has 6 rings (SSSR count). The number of carbonyl (C=O) groups is 1. The van der Waals surface area contributed by atoms with E-state index in [0.717, 1.165) is 21.4 Å². The van der Waals surface area contributed by atoms with Gasteiger partial charge < -0.3 is 15.9 Å². The Labute approximate surface area is 253 Å². The van der Waals surface area contributed by atoms with Crippen LogP contribution in [0.15, 0.2) is 58.4 Å². The minimum atomic E-state index is -5.34. The molecule has 0 amide bonds. The summed E-state index contributed by atoms with van der Waals surface area (Å²) < 4.78 is 107. The Morgan fingerprint density at radius 3 is 2.54 bits per heavy atom. The third-order valence-electron chi connectivity index (χ3n) is 7.30. The normalized spacial score (nSPS) is 16.7. The molecular weight excluding hydrogens is 650 g/mol. The highest BCUT2D eigenvalue weighted by atomic mass is 32.2. The van der Waals surface area contributed by atoms with Gasteiger partial charge in [0.1, 0.15) is 11.0 Å². The van der Waals surface area contributed by atoms with E-state index in [1.165, 1.54) is 36.4 Å². The lowest BCUT2D eigenvalue weighted by atomic mass is 10.2. The maximum absolute atomic E-state index is 14.4. The van der Waals surface area contributed by atoms with Crippen molar-refractivity contribution in [2.45, 2.75) is 42.3 Å². The zero-order chi connectivity index (χ0) is 33.2. The molecular formula is C26H20F6N8O5S. The maximum Gasteiger partial charge on any atom is 0.493 e. The van der Waals surface area contributed by atoms with Gasteiger partial charge in [0.2, 0.25) is 21.7 Å². The molecule has 3 N–H and O–H groups in total. The molecule has 1 atom stereocenters. The topological polar surface area (TPSA) is 169 Å². The van der Waals surface area contributed by atoms with Gasteiger partial charge in [0.25, 0.3) is 0 Å². The number of para-hydroxylation sites is 1. The lowest BCUT2D eigenvalue weighted by molar-refractivity contribution is -0.200. The van der Waals surface area contributed by atoms with Gasteiger partial charge in [-0.15, -0.1) is 5.10 Å². The van der Waals surface area contributed by atoms with Crippen molar-refractivity contribution < 1.29 is 44.4 Å². The molecule has 1 aliphatic rings. The number of rotatable bonds is 7. The molecule has 46 heavy (non-hydrogen) atoms. The van der Waals surface area contributed by atoms with Gasteiger partial charge >= 0.3 is 17.8 Å². The summed E-state index contributed by atoms with van der Waals surface area (Å²) in [5.74, 6) is -6.40. The number of aromatic nitrogens is 6. The molecule has 0 aliphatic heterocycles. The summed E-state index contributed by atoms with van der Waals surface area (Å²) >= 11 is 0. The van der Waals surface area contributed by atoms with Crippen molar-refractivity contribution in [1.29, 1.82) is 0 Å². The monoisotopic (exact) mass is 670 g/mol. The molecule has 0 saturated heterocycles. The van der Waals surface area contributed by atoms with Gasteiger partial charge in [-0.3, -0.25) is 9.13 Å². The van der Waals surface area contributed by atoms with Crippen LogP contribution in [-0.2, 0) is 14.6 Å². The number of sulfone groups is 1. The van der Waals surface area contributed by atoms with Crippen molar-refractivity contribution in [2.24, 2.45) is 0 Å². The molecule has 1 fully saturated rings. The summed E-state index contributed by atoms with van der Waals surface area (Å²) in [6.45, 7) is 0. The zero-order valence-corrected chi connectivity index (χ0v) is 23.8. The molecule has 1 unspecified atom stereocenters. The molecule has 20 heteroatoms. The molecule has 13 nitrogen and oxygen atoms in total. The van der Waals surface area contributed by atoms with Crippen molar-refractivity contribution in [1.82, 2.24) is 29.0 Å². The van der Waals surface area contributed by atoms with Gasteiger partial charge in [-0.25, -0.2) is 31.2 Å². The number of hydrogen-bond donors (Lipinski definition) is 2. The smallest absolute Gasteiger partial charge is 0.382 e. The van der Waals surface area contributed by atoms with E-state index in [1.807, 2.05) is 0 Å². The molecule has 2 aromatic carbocycles. The largest absolute Gasteiger partial charge is 0.493 e. The predicted octanol–water partition coefficient (Wildman–Crippen LogP) is 3.84. The number of benzene rings is 2. The highest BCUT2D eigenvalue weighted by Gasteiger charge is 2.43. The van der Waals surface area contributed by atoms with Gasteiger partial charge in [-0.05, 0) is 30.7 Å². The van der Waals surface area contributed by atoms with E-state index in [9.17, 15) is 44.3 Å². The van der Waals surface area contributed by atoms with E-state index in [1.54, 1.807) is 0 Å². The summed E-state index contributed by atoms with van der Waals surface area (Å²) in [7, 11) is -4.37. The molecule has 3 heterocycles. The first kappa shape index (κ1) is 30.9. The Kier molecular flexibility index (Phi) is 7.21. The first-order valence-electron chi connectivity index (χ1n) is 13.2. The standard InChI is InChI=1S/C26H20F6N8O5S/c27-12-46(43,44)18-7-2-1-4-15(18)35-23-36-20(33)19-21(37-23)38(13-8-9-25(28,29)10-13)24(42)39(19)16-5-3-6-17-14(16)11-34-40(17)45-22(41)26(30,31)32/h1-7,11,13H,8-10,12H2,(H3,33,35,36,37). The SMILES string of the molecule is Nc1nc(Nc2ccccc2S(=O)(=O)CF)nc2c1n(-c1cccc3c1cnn3OC(=O)C(F)(F)F)c(=O)n2C1CCC(F)(F)C1. The average molecular weight is 671 g/mol. The number of fused-ring (bicyclic) bond motifs is 2. The molecule has 1 aliphatic carbocycles. The van der Waals surface area contributed by atoms with Crippen molar-refractivity contribution in [3.63, 3.8) is 0 Å². The number of halogens is 6. The summed E-state index contributed by atoms with van der Waals surface area (Å²) in [6.07, 6.45) is -5.72. The van der Waals surface area contributed by atoms with Crippen molar-refractivity contribution in [3.8, 4) is 5.69 Å². The van der Waals surface area contributed by atoms with E-state index in [-0.39, 0.29) is 51.6 Å². The predicted molar refractivity (Wildman–Crippen MR) is 149 cm³/mol. The van der Waals surface area contributed by atoms with E-state index < -0.39 is 63.4 Å². The number of nitrogens with two attached hydrogens (primary N) is 1. The van der Waals surface area contributed by atoms with E-state index in [0.29, 0.717) is 4.85 Å². The third kappa shape index (κ3) is 5.26. The molecule has 0 bridgehead atoms. The van der Waals surface area contributed by atoms with Crippen LogP contribution in [0, 0.1) is 0 Å². The number of anilines is 3. The highest BCUT2D eigenvalue weighted by Crippen LogP contribution is 2.42. The molecule has 3 aromatic heterocycles. The second-order valence-corrected chi connectivity index (χ2v) is 12.2. The van der Waals surface area contributed by atoms with Crippen molar-refractivity contribution in [2.75, 3.05) is 17.1 Å². The molecule has 5 aromatic rings. The van der Waals surface area contributed by atoms with Crippen LogP contribution in [0.1, 0.15) is 25.3 Å². The number of alkyl halides is 6. The molecule has 0 spiro atoms. The lowest BCUT2D eigenvalue weighted by Gasteiger charge is -2.13. The fourth-order valence-electron chi connectivity index (χ4n) is 5.32. The first-order valence-corrected chi connectivity index (χ1v) is 14.9. The van der Waals surface area contributed by atoms with E-state index >= 15 is 0 Å². The lowest BCUT2D eigenvalue weighted by Crippen LogP contribution is -2.33. The summed E-state index contributed by atoms with van der Waals surface area (Å²) in [4.78, 5) is 38.1. The number of nitrogens with zero attached hydrogens (tertiary/aromatic N) is 6. The van der Waals surface area contributed by atoms with Crippen LogP contribution in [0.4, 0.5) is 43.8 Å². The fourth-order valence-corrected chi connectivity index (χ4v) is 6.18. The summed E-state index contributed by atoms with van der Waals surface area (Å²) in [6, 6.07) is 6.38. The Bertz CT molecular complexity index is 2190. The Hall–Kier alpha value is -5.14. The average Bonchev–Trinajstić information content (AvgIpc) is 3.65. The second-order valence-electron chi connectivity index (χ2n) is 10.3. The van der Waals surface area contributed by atoms with Crippen molar-refractivity contribution >= 4 is 55.3 Å². The summed E-state index contributed by atoms with van der Waals surface area (Å²) in [5.41, 5.74) is 4.62. The first-order chi connectivity index (χ1) is 21.6. The molecule has 242 valence electrons. The van der Waals surface area contributed by atoms with Crippen LogP contribution < -0.4 is 21.6 Å². The Morgan fingerprint density at radius 2 is 1.87 bits per heavy atom. The zero-order valence-electron chi connectivity index (χ0n) is 23.0. The maximum atomic E-state index is 14.4. The Morgan fingerprint density at radius 1 is 1.13 bits per heavy atom. The number of hydrogen-bond acceptors (Lipinski definition) is 10. The van der Waals surface area contributed by atoms with Gasteiger partial charge in [-0.1, -0.05) is 23.0 Å². The van der Waals surface area contributed by atoms with Gasteiger partial charge in [0, 0.05) is 24.3 Å². The number of carbonyl (C=O) groups excluding carboxylic acids is 1. The Balaban J connectivity index is 1.55. The van der Waals surface area contributed by atoms with Crippen LogP contribution in [0.25, 0.3) is 27.8 Å². The van der Waals surface area contributed by atoms with Crippen LogP contribution in [0.5, 0.6) is 0 Å². The van der Waals surface area contributed by atoms with Gasteiger partial charge in [0.05, 0.1) is 22.5 Å². The minimum absolute atomic E-state index is 0.00216. The van der Waals surface area contributed by atoms with E-state index in [4.69, 9.17) is 5.73 Å². The third-order valence-corrected chi connectivity index (χ3v) is 8.61. The quantitative estimate of drug-likeness (QED) is 0.243. The number of imidazole rings is 1. The van der Waals surface area contributed by atoms with Gasteiger partial charge in [-0.2, -0.15) is 23.1 Å². The second kappa shape index (κ2) is 10.7. The summed E-state index contributed by atoms with van der Waals surface area (Å²) in [5, 5.41) is 6.31. The number of nitrogens with one attached hydrogen (secondary N) is 1. The minimum Gasteiger partial charge on any atom is -0.382 e. The van der Waals surface area contributed by atoms with Crippen LogP contribution in [-0.4, -0.2) is 61.5 Å². The van der Waals surface area contributed by atoms with Crippen LogP contribution in [0.2, 0.25) is 0 Å².